The van der Waals surface area contributed by atoms with Crippen molar-refractivity contribution in [2.24, 2.45) is 0 Å². The second-order valence-electron chi connectivity index (χ2n) is 7.57. The van der Waals surface area contributed by atoms with Gasteiger partial charge in [-0.1, -0.05) is 91.0 Å². The van der Waals surface area contributed by atoms with Gasteiger partial charge < -0.3 is 14.7 Å². The number of benzene rings is 4. The summed E-state index contributed by atoms with van der Waals surface area (Å²) < 4.78 is 13.0. The summed E-state index contributed by atoms with van der Waals surface area (Å²) in [6.07, 6.45) is 0. The van der Waals surface area contributed by atoms with Crippen LogP contribution in [0.4, 0.5) is 5.69 Å². The fourth-order valence-electron chi connectivity index (χ4n) is 3.96. The Balaban J connectivity index is 2.15. The lowest BCUT2D eigenvalue weighted by atomic mass is 9.90. The first-order chi connectivity index (χ1) is 14.9. The molecule has 0 aliphatic carbocycles. The predicted molar refractivity (Wildman–Crippen MR) is 129 cm³/mol. The van der Waals surface area contributed by atoms with Crippen molar-refractivity contribution in [3.8, 4) is 33.4 Å². The van der Waals surface area contributed by atoms with E-state index in [2.05, 4.69) is 0 Å². The molecule has 0 bridgehead atoms. The Morgan fingerprint density at radius 2 is 1.13 bits per heavy atom. The molecule has 0 aliphatic heterocycles. The Bertz CT molecular complexity index is 1250. The van der Waals surface area contributed by atoms with Crippen LogP contribution in [0.1, 0.15) is 0 Å². The first-order valence-electron chi connectivity index (χ1n) is 9.98. The molecule has 0 amide bonds. The van der Waals surface area contributed by atoms with Gasteiger partial charge in [0.2, 0.25) is 0 Å². The third-order valence-electron chi connectivity index (χ3n) is 5.29. The van der Waals surface area contributed by atoms with Crippen molar-refractivity contribution < 1.29 is 14.4 Å². The van der Waals surface area contributed by atoms with Gasteiger partial charge in [0.15, 0.2) is 0 Å². The van der Waals surface area contributed by atoms with E-state index in [-0.39, 0.29) is 5.30 Å². The molecule has 0 unspecified atom stereocenters. The van der Waals surface area contributed by atoms with E-state index in [4.69, 9.17) is 0 Å². The number of para-hydroxylation sites is 1. The molecule has 4 aromatic carbocycles. The lowest BCUT2D eigenvalue weighted by molar-refractivity contribution is 0.387. The lowest BCUT2D eigenvalue weighted by Gasteiger charge is -2.23. The van der Waals surface area contributed by atoms with Gasteiger partial charge in [-0.3, -0.25) is 4.57 Å². The van der Waals surface area contributed by atoms with Crippen LogP contribution in [0.2, 0.25) is 0 Å². The molecule has 0 saturated heterocycles. The molecule has 0 aliphatic rings. The molecule has 0 heterocycles. The Hall–Kier alpha value is -3.17. The highest BCUT2D eigenvalue weighted by atomic mass is 31.2. The average Bonchev–Trinajstić information content (AvgIpc) is 2.78. The fraction of sp³-hybridized carbons (Fsp3) is 0.0769. The number of anilines is 1. The Morgan fingerprint density at radius 1 is 0.613 bits per heavy atom. The third-order valence-corrected chi connectivity index (χ3v) is 6.34. The Labute approximate surface area is 182 Å². The second-order valence-corrected chi connectivity index (χ2v) is 9.11. The van der Waals surface area contributed by atoms with Crippen LogP contribution < -0.4 is 10.2 Å². The molecule has 0 spiro atoms. The Kier molecular flexibility index (Phi) is 5.79. The molecule has 0 aromatic heterocycles. The van der Waals surface area contributed by atoms with E-state index in [0.29, 0.717) is 11.1 Å². The molecular weight excluding hydrogens is 405 g/mol. The summed E-state index contributed by atoms with van der Waals surface area (Å²) in [7, 11) is -0.794. The van der Waals surface area contributed by atoms with E-state index in [1.807, 2.05) is 116 Å². The zero-order valence-electron chi connectivity index (χ0n) is 17.4. The smallest absolute Gasteiger partial charge is 0.357 e. The average molecular weight is 429 g/mol. The van der Waals surface area contributed by atoms with Crippen LogP contribution in [0.3, 0.4) is 0 Å². The summed E-state index contributed by atoms with van der Waals surface area (Å²) in [6.45, 7) is 0. The number of nitrogens with zero attached hydrogens (tertiary/aromatic N) is 1. The number of rotatable bonds is 5. The van der Waals surface area contributed by atoms with Crippen molar-refractivity contribution in [1.29, 1.82) is 0 Å². The first-order valence-corrected chi connectivity index (χ1v) is 11.6. The van der Waals surface area contributed by atoms with Crippen LogP contribution in [0, 0.1) is 0 Å². The molecule has 0 fully saturated rings. The number of hydrogen-bond acceptors (Lipinski definition) is 2. The molecule has 0 radical (unpaired) electrons. The molecular formula is C26H24NO3P. The van der Waals surface area contributed by atoms with Gasteiger partial charge in [-0.05, 0) is 28.3 Å². The summed E-state index contributed by atoms with van der Waals surface area (Å²) >= 11 is 0. The summed E-state index contributed by atoms with van der Waals surface area (Å²) in [5.74, 6) is 0. The molecule has 0 saturated carbocycles. The molecule has 4 nitrogen and oxygen atoms in total. The summed E-state index contributed by atoms with van der Waals surface area (Å²) in [5.41, 5.74) is 5.23. The van der Waals surface area contributed by atoms with Gasteiger partial charge >= 0.3 is 7.60 Å². The minimum Gasteiger partial charge on any atom is -0.377 e. The van der Waals surface area contributed by atoms with E-state index < -0.39 is 7.60 Å². The summed E-state index contributed by atoms with van der Waals surface area (Å²) in [6, 6.07) is 30.6. The lowest BCUT2D eigenvalue weighted by Crippen LogP contribution is -2.16. The minimum absolute atomic E-state index is 0.0503. The van der Waals surface area contributed by atoms with Crippen molar-refractivity contribution in [3.05, 3.63) is 97.1 Å². The van der Waals surface area contributed by atoms with Crippen LogP contribution in [-0.4, -0.2) is 23.9 Å². The molecule has 4 aromatic rings. The highest BCUT2D eigenvalue weighted by molar-refractivity contribution is 7.61. The van der Waals surface area contributed by atoms with Crippen molar-refractivity contribution in [2.45, 2.75) is 0 Å². The van der Waals surface area contributed by atoms with Gasteiger partial charge in [0, 0.05) is 30.9 Å². The predicted octanol–water partition coefficient (Wildman–Crippen LogP) is 5.56. The minimum atomic E-state index is -4.64. The fourth-order valence-corrected chi connectivity index (χ4v) is 5.01. The van der Waals surface area contributed by atoms with Crippen molar-refractivity contribution in [1.82, 2.24) is 0 Å². The van der Waals surface area contributed by atoms with Gasteiger partial charge in [-0.15, -0.1) is 0 Å². The van der Waals surface area contributed by atoms with Gasteiger partial charge in [0.25, 0.3) is 0 Å². The highest BCUT2D eigenvalue weighted by Crippen LogP contribution is 2.47. The topological polar surface area (TPSA) is 60.8 Å². The van der Waals surface area contributed by atoms with E-state index in [1.165, 1.54) is 0 Å². The van der Waals surface area contributed by atoms with Gasteiger partial charge in [0.05, 0.1) is 5.30 Å². The van der Waals surface area contributed by atoms with Gasteiger partial charge in [0.1, 0.15) is 0 Å². The SMILES string of the molecule is CN(C)c1ccccc1-c1ccc(-c2ccccc2)c(-c2ccccc2)c1P(=O)(O)O. The standard InChI is InChI=1S/C26H24NO3P/c1-27(2)24-16-10-9-15-22(24)23-18-17-21(19-11-5-3-6-12-19)25(26(23)31(28,29)30)20-13-7-4-8-14-20/h3-18H,1-2H3,(H2,28,29,30). The van der Waals surface area contributed by atoms with E-state index in [1.54, 1.807) is 0 Å². The Morgan fingerprint density at radius 3 is 1.71 bits per heavy atom. The van der Waals surface area contributed by atoms with Crippen molar-refractivity contribution >= 4 is 18.6 Å². The summed E-state index contributed by atoms with van der Waals surface area (Å²) in [4.78, 5) is 23.1. The van der Waals surface area contributed by atoms with Crippen molar-refractivity contribution in [2.75, 3.05) is 19.0 Å². The van der Waals surface area contributed by atoms with E-state index >= 15 is 0 Å². The van der Waals surface area contributed by atoms with Crippen LogP contribution >= 0.6 is 7.60 Å². The maximum atomic E-state index is 13.0. The highest BCUT2D eigenvalue weighted by Gasteiger charge is 2.30. The molecule has 0 atom stereocenters. The van der Waals surface area contributed by atoms with E-state index in [0.717, 1.165) is 27.9 Å². The molecule has 31 heavy (non-hydrogen) atoms. The van der Waals surface area contributed by atoms with Crippen LogP contribution in [0.15, 0.2) is 97.1 Å². The molecule has 4 rings (SSSR count). The van der Waals surface area contributed by atoms with Gasteiger partial charge in [-0.25, -0.2) is 0 Å². The third kappa shape index (κ3) is 4.19. The zero-order chi connectivity index (χ0) is 22.0. The van der Waals surface area contributed by atoms with Crippen molar-refractivity contribution in [3.63, 3.8) is 0 Å². The quantitative estimate of drug-likeness (QED) is 0.408. The first kappa shape index (κ1) is 21.1. The van der Waals surface area contributed by atoms with Crippen LogP contribution in [0.25, 0.3) is 33.4 Å². The maximum absolute atomic E-state index is 13.0. The molecule has 2 N–H and O–H groups in total. The molecule has 156 valence electrons. The second kappa shape index (κ2) is 8.52. The number of hydrogen-bond donors (Lipinski definition) is 2. The monoisotopic (exact) mass is 429 g/mol. The summed E-state index contributed by atoms with van der Waals surface area (Å²) in [5, 5.41) is 0.0503. The zero-order valence-corrected chi connectivity index (χ0v) is 18.3. The van der Waals surface area contributed by atoms with Crippen LogP contribution in [-0.2, 0) is 4.57 Å². The largest absolute Gasteiger partial charge is 0.377 e. The normalized spacial score (nSPS) is 11.4. The van der Waals surface area contributed by atoms with Gasteiger partial charge in [-0.2, -0.15) is 0 Å². The molecule has 5 heteroatoms. The van der Waals surface area contributed by atoms with Crippen LogP contribution in [0.5, 0.6) is 0 Å². The van der Waals surface area contributed by atoms with E-state index in [9.17, 15) is 14.4 Å². The maximum Gasteiger partial charge on any atom is 0.357 e.